The Kier molecular flexibility index (Phi) is 8.08. The van der Waals surface area contributed by atoms with Gasteiger partial charge in [-0.3, -0.25) is 4.79 Å². The fourth-order valence-electron chi connectivity index (χ4n) is 3.96. The van der Waals surface area contributed by atoms with Crippen LogP contribution >= 0.6 is 0 Å². The SMILES string of the molecule is CCOC(=O)CCN1CCC(NC(c2ccccc2)c2ccccc2OC)CC1. The first-order valence-corrected chi connectivity index (χ1v) is 10.5. The van der Waals surface area contributed by atoms with Crippen molar-refractivity contribution in [1.82, 2.24) is 10.2 Å². The molecule has 1 fully saturated rings. The van der Waals surface area contributed by atoms with E-state index in [1.54, 1.807) is 7.11 Å². The summed E-state index contributed by atoms with van der Waals surface area (Å²) in [7, 11) is 1.73. The lowest BCUT2D eigenvalue weighted by Gasteiger charge is -2.35. The van der Waals surface area contributed by atoms with E-state index in [1.807, 2.05) is 25.1 Å². The van der Waals surface area contributed by atoms with Crippen LogP contribution < -0.4 is 10.1 Å². The molecule has 0 spiro atoms. The van der Waals surface area contributed by atoms with E-state index in [-0.39, 0.29) is 12.0 Å². The van der Waals surface area contributed by atoms with Crippen molar-refractivity contribution < 1.29 is 14.3 Å². The van der Waals surface area contributed by atoms with E-state index in [1.165, 1.54) is 5.56 Å². The molecular weight excluding hydrogens is 364 g/mol. The predicted octanol–water partition coefficient (Wildman–Crippen LogP) is 3.79. The zero-order chi connectivity index (χ0) is 20.5. The molecule has 1 heterocycles. The molecule has 0 radical (unpaired) electrons. The van der Waals surface area contributed by atoms with E-state index in [0.29, 0.717) is 19.1 Å². The Hall–Kier alpha value is -2.37. The van der Waals surface area contributed by atoms with Gasteiger partial charge in [0.05, 0.1) is 26.2 Å². The third kappa shape index (κ3) is 6.05. The maximum Gasteiger partial charge on any atom is 0.307 e. The van der Waals surface area contributed by atoms with E-state index in [0.717, 1.165) is 43.8 Å². The molecule has 5 heteroatoms. The number of para-hydroxylation sites is 1. The number of ether oxygens (including phenoxy) is 2. The van der Waals surface area contributed by atoms with Crippen LogP contribution in [0.4, 0.5) is 0 Å². The van der Waals surface area contributed by atoms with Gasteiger partial charge in [0.15, 0.2) is 0 Å². The number of carbonyl (C=O) groups is 1. The van der Waals surface area contributed by atoms with Crippen molar-refractivity contribution in [2.45, 2.75) is 38.3 Å². The molecule has 156 valence electrons. The van der Waals surface area contributed by atoms with E-state index < -0.39 is 0 Å². The molecule has 1 unspecified atom stereocenters. The molecular formula is C24H32N2O3. The minimum Gasteiger partial charge on any atom is -0.496 e. The predicted molar refractivity (Wildman–Crippen MR) is 115 cm³/mol. The van der Waals surface area contributed by atoms with E-state index >= 15 is 0 Å². The number of nitrogens with zero attached hydrogens (tertiary/aromatic N) is 1. The number of nitrogens with one attached hydrogen (secondary N) is 1. The van der Waals surface area contributed by atoms with Crippen molar-refractivity contribution in [2.24, 2.45) is 0 Å². The number of likely N-dealkylation sites (tertiary alicyclic amines) is 1. The summed E-state index contributed by atoms with van der Waals surface area (Å²) in [5, 5.41) is 3.87. The molecule has 1 aliphatic heterocycles. The number of hydrogen-bond donors (Lipinski definition) is 1. The molecule has 1 N–H and O–H groups in total. The highest BCUT2D eigenvalue weighted by molar-refractivity contribution is 5.69. The van der Waals surface area contributed by atoms with Gasteiger partial charge in [0.25, 0.3) is 0 Å². The molecule has 0 bridgehead atoms. The largest absolute Gasteiger partial charge is 0.496 e. The summed E-state index contributed by atoms with van der Waals surface area (Å²) in [5.41, 5.74) is 2.40. The highest BCUT2D eigenvalue weighted by Gasteiger charge is 2.25. The van der Waals surface area contributed by atoms with Crippen LogP contribution in [0.15, 0.2) is 54.6 Å². The Morgan fingerprint density at radius 1 is 1.10 bits per heavy atom. The van der Waals surface area contributed by atoms with Gasteiger partial charge < -0.3 is 19.7 Å². The van der Waals surface area contributed by atoms with Crippen LogP contribution in [0.25, 0.3) is 0 Å². The Labute approximate surface area is 174 Å². The molecule has 0 saturated carbocycles. The number of carbonyl (C=O) groups excluding carboxylic acids is 1. The van der Waals surface area contributed by atoms with Crippen molar-refractivity contribution in [3.05, 3.63) is 65.7 Å². The lowest BCUT2D eigenvalue weighted by Crippen LogP contribution is -2.44. The minimum atomic E-state index is -0.104. The zero-order valence-electron chi connectivity index (χ0n) is 17.5. The van der Waals surface area contributed by atoms with E-state index in [4.69, 9.17) is 9.47 Å². The molecule has 0 aromatic heterocycles. The molecule has 3 rings (SSSR count). The Morgan fingerprint density at radius 3 is 2.48 bits per heavy atom. The summed E-state index contributed by atoms with van der Waals surface area (Å²) in [4.78, 5) is 14.0. The van der Waals surface area contributed by atoms with Gasteiger partial charge in [-0.25, -0.2) is 0 Å². The first-order valence-electron chi connectivity index (χ1n) is 10.5. The molecule has 0 amide bonds. The fraction of sp³-hybridized carbons (Fsp3) is 0.458. The van der Waals surface area contributed by atoms with Crippen molar-refractivity contribution in [1.29, 1.82) is 0 Å². The van der Waals surface area contributed by atoms with Gasteiger partial charge in [-0.05, 0) is 44.5 Å². The summed E-state index contributed by atoms with van der Waals surface area (Å²) in [6, 6.07) is 19.3. The Bertz CT molecular complexity index is 758. The standard InChI is InChI=1S/C24H32N2O3/c1-3-29-23(27)15-18-26-16-13-20(14-17-26)25-24(19-9-5-4-6-10-19)21-11-7-8-12-22(21)28-2/h4-12,20,24-25H,3,13-18H2,1-2H3. The normalized spacial score (nSPS) is 16.3. The summed E-state index contributed by atoms with van der Waals surface area (Å²) < 4.78 is 10.7. The lowest BCUT2D eigenvalue weighted by molar-refractivity contribution is -0.143. The molecule has 1 atom stereocenters. The first-order chi connectivity index (χ1) is 14.2. The zero-order valence-corrected chi connectivity index (χ0v) is 17.5. The Balaban J connectivity index is 1.63. The average Bonchev–Trinajstić information content (AvgIpc) is 2.77. The maximum absolute atomic E-state index is 11.6. The quantitative estimate of drug-likeness (QED) is 0.654. The van der Waals surface area contributed by atoms with Gasteiger partial charge in [-0.1, -0.05) is 48.5 Å². The van der Waals surface area contributed by atoms with E-state index in [9.17, 15) is 4.79 Å². The minimum absolute atomic E-state index is 0.0865. The van der Waals surface area contributed by atoms with Crippen LogP contribution in [-0.2, 0) is 9.53 Å². The van der Waals surface area contributed by atoms with Crippen LogP contribution in [0.1, 0.15) is 43.4 Å². The van der Waals surface area contributed by atoms with Crippen LogP contribution in [0, 0.1) is 0 Å². The van der Waals surface area contributed by atoms with Crippen LogP contribution in [0.3, 0.4) is 0 Å². The van der Waals surface area contributed by atoms with Gasteiger partial charge in [-0.2, -0.15) is 0 Å². The Morgan fingerprint density at radius 2 is 1.79 bits per heavy atom. The second-order valence-electron chi connectivity index (χ2n) is 7.42. The number of hydrogen-bond acceptors (Lipinski definition) is 5. The molecule has 2 aromatic carbocycles. The summed E-state index contributed by atoms with van der Waals surface area (Å²) in [5.74, 6) is 0.800. The monoisotopic (exact) mass is 396 g/mol. The van der Waals surface area contributed by atoms with Gasteiger partial charge in [-0.15, -0.1) is 0 Å². The molecule has 5 nitrogen and oxygen atoms in total. The van der Waals surface area contributed by atoms with Crippen molar-refractivity contribution in [3.8, 4) is 5.75 Å². The highest BCUT2D eigenvalue weighted by atomic mass is 16.5. The topological polar surface area (TPSA) is 50.8 Å². The van der Waals surface area contributed by atoms with Gasteiger partial charge >= 0.3 is 5.97 Å². The number of methoxy groups -OCH3 is 1. The second kappa shape index (κ2) is 11.0. The van der Waals surface area contributed by atoms with Crippen molar-refractivity contribution in [2.75, 3.05) is 33.4 Å². The molecule has 29 heavy (non-hydrogen) atoms. The average molecular weight is 397 g/mol. The number of rotatable bonds is 9. The molecule has 2 aromatic rings. The molecule has 1 aliphatic rings. The van der Waals surface area contributed by atoms with Gasteiger partial charge in [0, 0.05) is 18.2 Å². The summed E-state index contributed by atoms with van der Waals surface area (Å²) in [6.07, 6.45) is 2.59. The number of piperidine rings is 1. The first kappa shape index (κ1) is 21.3. The fourth-order valence-corrected chi connectivity index (χ4v) is 3.96. The van der Waals surface area contributed by atoms with Gasteiger partial charge in [0.2, 0.25) is 0 Å². The molecule has 1 saturated heterocycles. The highest BCUT2D eigenvalue weighted by Crippen LogP contribution is 2.31. The maximum atomic E-state index is 11.6. The smallest absolute Gasteiger partial charge is 0.307 e. The van der Waals surface area contributed by atoms with E-state index in [2.05, 4.69) is 46.6 Å². The third-order valence-electron chi connectivity index (χ3n) is 5.51. The van der Waals surface area contributed by atoms with Crippen LogP contribution in [0.5, 0.6) is 5.75 Å². The van der Waals surface area contributed by atoms with Crippen molar-refractivity contribution in [3.63, 3.8) is 0 Å². The number of benzene rings is 2. The van der Waals surface area contributed by atoms with Crippen LogP contribution in [0.2, 0.25) is 0 Å². The number of esters is 1. The molecule has 0 aliphatic carbocycles. The second-order valence-corrected chi connectivity index (χ2v) is 7.42. The van der Waals surface area contributed by atoms with Crippen LogP contribution in [-0.4, -0.2) is 50.3 Å². The van der Waals surface area contributed by atoms with Gasteiger partial charge in [0.1, 0.15) is 5.75 Å². The summed E-state index contributed by atoms with van der Waals surface area (Å²) >= 11 is 0. The van der Waals surface area contributed by atoms with Crippen molar-refractivity contribution >= 4 is 5.97 Å². The third-order valence-corrected chi connectivity index (χ3v) is 5.51. The lowest BCUT2D eigenvalue weighted by atomic mass is 9.95. The summed E-state index contributed by atoms with van der Waals surface area (Å²) in [6.45, 7) is 5.06.